The topological polar surface area (TPSA) is 79.4 Å². The SMILES string of the molecule is CC(C)n1cc(-c2ccnc(Nc3cc(F)cc(C#N)c3)n2)c2ccncc21. The summed E-state index contributed by atoms with van der Waals surface area (Å²) in [5, 5.41) is 13.0. The quantitative estimate of drug-likeness (QED) is 0.555. The van der Waals surface area contributed by atoms with Crippen molar-refractivity contribution in [2.24, 2.45) is 0 Å². The van der Waals surface area contributed by atoms with Crippen LogP contribution in [0.5, 0.6) is 0 Å². The zero-order chi connectivity index (χ0) is 19.7. The summed E-state index contributed by atoms with van der Waals surface area (Å²) < 4.78 is 15.8. The molecule has 3 aromatic heterocycles. The van der Waals surface area contributed by atoms with Crippen molar-refractivity contribution in [1.29, 1.82) is 5.26 Å². The monoisotopic (exact) mass is 372 g/mol. The van der Waals surface area contributed by atoms with Crippen LogP contribution in [0.2, 0.25) is 0 Å². The second-order valence-corrected chi connectivity index (χ2v) is 6.67. The molecule has 6 nitrogen and oxygen atoms in total. The Morgan fingerprint density at radius 1 is 1.18 bits per heavy atom. The third kappa shape index (κ3) is 3.28. The largest absolute Gasteiger partial charge is 0.343 e. The fourth-order valence-corrected chi connectivity index (χ4v) is 3.15. The van der Waals surface area contributed by atoms with Gasteiger partial charge in [-0.15, -0.1) is 0 Å². The lowest BCUT2D eigenvalue weighted by Gasteiger charge is -2.08. The highest BCUT2D eigenvalue weighted by atomic mass is 19.1. The van der Waals surface area contributed by atoms with Gasteiger partial charge in [-0.2, -0.15) is 5.26 Å². The molecule has 0 spiro atoms. The van der Waals surface area contributed by atoms with Gasteiger partial charge in [0, 0.05) is 41.3 Å². The average Bonchev–Trinajstić information content (AvgIpc) is 3.08. The van der Waals surface area contributed by atoms with Crippen molar-refractivity contribution in [3.63, 3.8) is 0 Å². The van der Waals surface area contributed by atoms with Gasteiger partial charge in [-0.05, 0) is 44.2 Å². The first-order valence-corrected chi connectivity index (χ1v) is 8.81. The zero-order valence-corrected chi connectivity index (χ0v) is 15.4. The first-order chi connectivity index (χ1) is 13.5. The van der Waals surface area contributed by atoms with Crippen LogP contribution in [0.3, 0.4) is 0 Å². The standard InChI is InChI=1S/C21H17FN6/c1-13(2)28-12-18(17-3-5-24-11-20(17)28)19-4-6-25-21(27-19)26-16-8-14(10-23)7-15(22)9-16/h3-9,11-13H,1-2H3,(H,25,26,27). The molecule has 1 N–H and O–H groups in total. The van der Waals surface area contributed by atoms with E-state index < -0.39 is 5.82 Å². The molecule has 0 atom stereocenters. The van der Waals surface area contributed by atoms with Crippen LogP contribution < -0.4 is 5.32 Å². The highest BCUT2D eigenvalue weighted by Gasteiger charge is 2.14. The Morgan fingerprint density at radius 2 is 2.04 bits per heavy atom. The van der Waals surface area contributed by atoms with Crippen molar-refractivity contribution >= 4 is 22.5 Å². The Bertz CT molecular complexity index is 1210. The van der Waals surface area contributed by atoms with Crippen LogP contribution in [0.15, 0.2) is 55.1 Å². The van der Waals surface area contributed by atoms with E-state index in [1.54, 1.807) is 18.5 Å². The minimum atomic E-state index is -0.495. The molecular formula is C21H17FN6. The smallest absolute Gasteiger partial charge is 0.227 e. The summed E-state index contributed by atoms with van der Waals surface area (Å²) in [6, 6.07) is 10.0. The van der Waals surface area contributed by atoms with Crippen molar-refractivity contribution in [3.8, 4) is 17.3 Å². The summed E-state index contributed by atoms with van der Waals surface area (Å²) >= 11 is 0. The van der Waals surface area contributed by atoms with Crippen LogP contribution in [-0.4, -0.2) is 19.5 Å². The lowest BCUT2D eigenvalue weighted by Crippen LogP contribution is -1.99. The Labute approximate surface area is 161 Å². The highest BCUT2D eigenvalue weighted by molar-refractivity contribution is 5.94. The lowest BCUT2D eigenvalue weighted by atomic mass is 10.1. The molecule has 0 radical (unpaired) electrons. The van der Waals surface area contributed by atoms with Crippen molar-refractivity contribution in [3.05, 3.63) is 66.5 Å². The van der Waals surface area contributed by atoms with E-state index in [-0.39, 0.29) is 11.6 Å². The molecule has 0 fully saturated rings. The number of pyridine rings is 1. The van der Waals surface area contributed by atoms with Crippen LogP contribution in [0, 0.1) is 17.1 Å². The van der Waals surface area contributed by atoms with Gasteiger partial charge in [-0.3, -0.25) is 4.98 Å². The van der Waals surface area contributed by atoms with Gasteiger partial charge in [-0.1, -0.05) is 0 Å². The van der Waals surface area contributed by atoms with Crippen LogP contribution in [-0.2, 0) is 0 Å². The highest BCUT2D eigenvalue weighted by Crippen LogP contribution is 2.31. The number of nitrogens with zero attached hydrogens (tertiary/aromatic N) is 5. The number of benzene rings is 1. The van der Waals surface area contributed by atoms with E-state index in [0.29, 0.717) is 11.6 Å². The Morgan fingerprint density at radius 3 is 2.82 bits per heavy atom. The molecule has 3 heterocycles. The molecule has 4 aromatic rings. The van der Waals surface area contributed by atoms with Crippen molar-refractivity contribution < 1.29 is 4.39 Å². The van der Waals surface area contributed by atoms with E-state index in [4.69, 9.17) is 5.26 Å². The number of hydrogen-bond acceptors (Lipinski definition) is 5. The van der Waals surface area contributed by atoms with E-state index in [2.05, 4.69) is 44.9 Å². The van der Waals surface area contributed by atoms with Gasteiger partial charge in [0.1, 0.15) is 5.82 Å². The van der Waals surface area contributed by atoms with Gasteiger partial charge in [0.25, 0.3) is 0 Å². The molecule has 4 rings (SSSR count). The third-order valence-corrected chi connectivity index (χ3v) is 4.41. The minimum Gasteiger partial charge on any atom is -0.343 e. The zero-order valence-electron chi connectivity index (χ0n) is 15.4. The Hall–Kier alpha value is -3.79. The molecule has 0 aliphatic carbocycles. The van der Waals surface area contributed by atoms with Crippen LogP contribution in [0.4, 0.5) is 16.0 Å². The number of nitrogens with one attached hydrogen (secondary N) is 1. The predicted octanol–water partition coefficient (Wildman–Crippen LogP) is 4.83. The maximum atomic E-state index is 13.7. The van der Waals surface area contributed by atoms with Crippen LogP contribution in [0.25, 0.3) is 22.2 Å². The number of anilines is 2. The van der Waals surface area contributed by atoms with Gasteiger partial charge in [0.05, 0.1) is 29.0 Å². The molecule has 7 heteroatoms. The third-order valence-electron chi connectivity index (χ3n) is 4.41. The fourth-order valence-electron chi connectivity index (χ4n) is 3.15. The second kappa shape index (κ2) is 7.08. The first kappa shape index (κ1) is 17.6. The van der Waals surface area contributed by atoms with Gasteiger partial charge in [0.2, 0.25) is 5.95 Å². The molecule has 138 valence electrons. The summed E-state index contributed by atoms with van der Waals surface area (Å²) in [7, 11) is 0. The average molecular weight is 372 g/mol. The second-order valence-electron chi connectivity index (χ2n) is 6.67. The van der Waals surface area contributed by atoms with Crippen molar-refractivity contribution in [1.82, 2.24) is 19.5 Å². The first-order valence-electron chi connectivity index (χ1n) is 8.81. The fraction of sp³-hybridized carbons (Fsp3) is 0.143. The van der Waals surface area contributed by atoms with Gasteiger partial charge >= 0.3 is 0 Å². The van der Waals surface area contributed by atoms with E-state index in [9.17, 15) is 4.39 Å². The molecule has 0 aliphatic rings. The molecule has 0 saturated heterocycles. The van der Waals surface area contributed by atoms with Gasteiger partial charge in [0.15, 0.2) is 0 Å². The predicted molar refractivity (Wildman–Crippen MR) is 106 cm³/mol. The van der Waals surface area contributed by atoms with E-state index in [1.165, 1.54) is 12.1 Å². The summed E-state index contributed by atoms with van der Waals surface area (Å²) in [4.78, 5) is 13.0. The number of fused-ring (bicyclic) bond motifs is 1. The number of aromatic nitrogens is 4. The maximum absolute atomic E-state index is 13.7. The Kier molecular flexibility index (Phi) is 4.45. The normalized spacial score (nSPS) is 11.0. The molecule has 28 heavy (non-hydrogen) atoms. The molecule has 0 saturated carbocycles. The molecule has 0 amide bonds. The number of nitriles is 1. The van der Waals surface area contributed by atoms with E-state index in [1.807, 2.05) is 24.4 Å². The summed E-state index contributed by atoms with van der Waals surface area (Å²) in [5.74, 6) is -0.170. The van der Waals surface area contributed by atoms with Crippen LogP contribution in [0.1, 0.15) is 25.5 Å². The molecule has 0 aliphatic heterocycles. The Balaban J connectivity index is 1.75. The number of hydrogen-bond donors (Lipinski definition) is 1. The summed E-state index contributed by atoms with van der Waals surface area (Å²) in [5.41, 5.74) is 3.39. The molecule has 0 unspecified atom stereocenters. The molecular weight excluding hydrogens is 355 g/mol. The van der Waals surface area contributed by atoms with Gasteiger partial charge in [-0.25, -0.2) is 14.4 Å². The summed E-state index contributed by atoms with van der Waals surface area (Å²) in [6.45, 7) is 4.22. The number of rotatable bonds is 4. The lowest BCUT2D eigenvalue weighted by molar-refractivity contribution is 0.622. The number of halogens is 1. The summed E-state index contributed by atoms with van der Waals surface area (Å²) in [6.07, 6.45) is 7.30. The molecule has 0 bridgehead atoms. The van der Waals surface area contributed by atoms with Crippen molar-refractivity contribution in [2.45, 2.75) is 19.9 Å². The van der Waals surface area contributed by atoms with E-state index in [0.717, 1.165) is 22.2 Å². The van der Waals surface area contributed by atoms with Gasteiger partial charge < -0.3 is 9.88 Å². The molecule has 1 aromatic carbocycles. The minimum absolute atomic E-state index is 0.228. The van der Waals surface area contributed by atoms with E-state index >= 15 is 0 Å². The van der Waals surface area contributed by atoms with Crippen molar-refractivity contribution in [2.75, 3.05) is 5.32 Å². The van der Waals surface area contributed by atoms with Crippen LogP contribution >= 0.6 is 0 Å². The maximum Gasteiger partial charge on any atom is 0.227 e.